The number of halogens is 1. The van der Waals surface area contributed by atoms with E-state index < -0.39 is 5.60 Å². The minimum Gasteiger partial charge on any atom is -0.375 e. The molecule has 2 rings (SSSR count). The van der Waals surface area contributed by atoms with Gasteiger partial charge in [-0.05, 0) is 12.1 Å². The first-order valence-corrected chi connectivity index (χ1v) is 5.72. The van der Waals surface area contributed by atoms with Crippen molar-refractivity contribution in [2.45, 2.75) is 12.0 Å². The summed E-state index contributed by atoms with van der Waals surface area (Å²) in [6.45, 7) is 3.59. The van der Waals surface area contributed by atoms with Gasteiger partial charge in [0, 0.05) is 23.5 Å². The fraction of sp³-hybridized carbons (Fsp3) is 0.250. The Hall–Kier alpha value is -1.13. The molecule has 0 saturated carbocycles. The Labute approximate surface area is 103 Å². The van der Waals surface area contributed by atoms with Gasteiger partial charge in [0.05, 0.1) is 5.69 Å². The Morgan fingerprint density at radius 2 is 2.31 bits per heavy atom. The summed E-state index contributed by atoms with van der Waals surface area (Å²) in [4.78, 5) is 13.5. The lowest BCUT2D eigenvalue weighted by Gasteiger charge is -2.20. The van der Waals surface area contributed by atoms with E-state index in [0.29, 0.717) is 5.56 Å². The minimum absolute atomic E-state index is 0.214. The summed E-state index contributed by atoms with van der Waals surface area (Å²) in [7, 11) is 1.66. The molecule has 0 spiro atoms. The molecule has 4 heteroatoms. The second-order valence-electron chi connectivity index (χ2n) is 3.85. The van der Waals surface area contributed by atoms with Crippen molar-refractivity contribution >= 4 is 27.5 Å². The molecule has 1 N–H and O–H groups in total. The molecule has 3 nitrogen and oxygen atoms in total. The highest BCUT2D eigenvalue weighted by molar-refractivity contribution is 9.10. The summed E-state index contributed by atoms with van der Waals surface area (Å²) in [5.74, 6) is -0.311. The summed E-state index contributed by atoms with van der Waals surface area (Å²) < 4.78 is 0.743. The molecule has 0 fully saturated rings. The predicted octanol–water partition coefficient (Wildman–Crippen LogP) is 2.19. The number of likely N-dealkylation sites (N-methyl/N-ethyl adjacent to an activating group) is 1. The third kappa shape index (κ3) is 1.33. The lowest BCUT2D eigenvalue weighted by atomic mass is 9.92. The Morgan fingerprint density at radius 3 is 2.94 bits per heavy atom. The standard InChI is InChI=1S/C12H12BrNO2/c1-3-7-12(16)10-8(13)5-4-6-9(10)14(2)11(12)15/h3-6,16H,1,7H2,2H3/t12-/m1/s1. The third-order valence-electron chi connectivity index (χ3n) is 2.86. The Balaban J connectivity index is 2.69. The number of carbonyl (C=O) groups is 1. The van der Waals surface area contributed by atoms with Gasteiger partial charge in [0.25, 0.3) is 5.91 Å². The van der Waals surface area contributed by atoms with Crippen LogP contribution in [-0.2, 0) is 10.4 Å². The van der Waals surface area contributed by atoms with Crippen molar-refractivity contribution in [2.75, 3.05) is 11.9 Å². The van der Waals surface area contributed by atoms with Crippen molar-refractivity contribution in [2.24, 2.45) is 0 Å². The van der Waals surface area contributed by atoms with Gasteiger partial charge < -0.3 is 10.0 Å². The van der Waals surface area contributed by atoms with Gasteiger partial charge in [-0.25, -0.2) is 0 Å². The molecular weight excluding hydrogens is 270 g/mol. The van der Waals surface area contributed by atoms with Gasteiger partial charge in [0.1, 0.15) is 0 Å². The molecule has 0 aliphatic carbocycles. The van der Waals surface area contributed by atoms with Crippen molar-refractivity contribution in [3.05, 3.63) is 40.9 Å². The molecule has 16 heavy (non-hydrogen) atoms. The Morgan fingerprint density at radius 1 is 1.62 bits per heavy atom. The van der Waals surface area contributed by atoms with Crippen LogP contribution in [0.25, 0.3) is 0 Å². The quantitative estimate of drug-likeness (QED) is 0.845. The molecule has 1 aromatic rings. The topological polar surface area (TPSA) is 40.5 Å². The van der Waals surface area contributed by atoms with E-state index in [2.05, 4.69) is 22.5 Å². The van der Waals surface area contributed by atoms with Crippen LogP contribution in [0.2, 0.25) is 0 Å². The van der Waals surface area contributed by atoms with Gasteiger partial charge in [-0.3, -0.25) is 4.79 Å². The van der Waals surface area contributed by atoms with Crippen molar-refractivity contribution in [1.29, 1.82) is 0 Å². The number of amides is 1. The second-order valence-corrected chi connectivity index (χ2v) is 4.71. The van der Waals surface area contributed by atoms with E-state index in [-0.39, 0.29) is 12.3 Å². The zero-order valence-electron chi connectivity index (χ0n) is 8.90. The summed E-state index contributed by atoms with van der Waals surface area (Å²) in [5, 5.41) is 10.5. The van der Waals surface area contributed by atoms with Crippen LogP contribution in [0.5, 0.6) is 0 Å². The number of anilines is 1. The van der Waals surface area contributed by atoms with E-state index >= 15 is 0 Å². The maximum Gasteiger partial charge on any atom is 0.263 e. The first kappa shape index (κ1) is 11.4. The van der Waals surface area contributed by atoms with E-state index in [1.165, 1.54) is 4.90 Å². The fourth-order valence-electron chi connectivity index (χ4n) is 2.09. The molecule has 1 aliphatic heterocycles. The molecule has 0 bridgehead atoms. The fourth-order valence-corrected chi connectivity index (χ4v) is 2.78. The highest BCUT2D eigenvalue weighted by Crippen LogP contribution is 2.45. The molecule has 1 heterocycles. The van der Waals surface area contributed by atoms with E-state index in [1.807, 2.05) is 18.2 Å². The number of aliphatic hydroxyl groups is 1. The average molecular weight is 282 g/mol. The van der Waals surface area contributed by atoms with Crippen LogP contribution in [-0.4, -0.2) is 18.1 Å². The van der Waals surface area contributed by atoms with Gasteiger partial charge >= 0.3 is 0 Å². The number of hydrogen-bond donors (Lipinski definition) is 1. The zero-order chi connectivity index (χ0) is 11.9. The number of benzene rings is 1. The molecule has 0 saturated heterocycles. The number of nitrogens with zero attached hydrogens (tertiary/aromatic N) is 1. The molecule has 1 aliphatic rings. The van der Waals surface area contributed by atoms with Crippen LogP contribution >= 0.6 is 15.9 Å². The summed E-state index contributed by atoms with van der Waals surface area (Å²) in [5.41, 5.74) is -0.113. The average Bonchev–Trinajstić information content (AvgIpc) is 2.43. The Bertz CT molecular complexity index is 472. The van der Waals surface area contributed by atoms with Crippen LogP contribution in [0, 0.1) is 0 Å². The second kappa shape index (κ2) is 3.71. The first-order valence-electron chi connectivity index (χ1n) is 4.93. The normalized spacial score (nSPS) is 23.4. The highest BCUT2D eigenvalue weighted by atomic mass is 79.9. The molecule has 1 atom stereocenters. The predicted molar refractivity (Wildman–Crippen MR) is 66.3 cm³/mol. The van der Waals surface area contributed by atoms with E-state index in [0.717, 1.165) is 10.2 Å². The first-order chi connectivity index (χ1) is 7.52. The van der Waals surface area contributed by atoms with Crippen LogP contribution in [0.15, 0.2) is 35.3 Å². The summed E-state index contributed by atoms with van der Waals surface area (Å²) in [6, 6.07) is 5.48. The van der Waals surface area contributed by atoms with Crippen LogP contribution in [0.1, 0.15) is 12.0 Å². The molecule has 0 aromatic heterocycles. The molecular formula is C12H12BrNO2. The smallest absolute Gasteiger partial charge is 0.263 e. The van der Waals surface area contributed by atoms with E-state index in [4.69, 9.17) is 0 Å². The summed E-state index contributed by atoms with van der Waals surface area (Å²) in [6.07, 6.45) is 1.77. The van der Waals surface area contributed by atoms with Crippen molar-refractivity contribution in [3.63, 3.8) is 0 Å². The van der Waals surface area contributed by atoms with Crippen molar-refractivity contribution in [3.8, 4) is 0 Å². The van der Waals surface area contributed by atoms with Crippen molar-refractivity contribution < 1.29 is 9.90 Å². The minimum atomic E-state index is -1.48. The molecule has 1 aromatic carbocycles. The molecule has 1 amide bonds. The van der Waals surface area contributed by atoms with Crippen LogP contribution in [0.3, 0.4) is 0 Å². The van der Waals surface area contributed by atoms with Gasteiger partial charge in [-0.2, -0.15) is 0 Å². The molecule has 84 valence electrons. The Kier molecular flexibility index (Phi) is 2.64. The number of hydrogen-bond acceptors (Lipinski definition) is 2. The maximum atomic E-state index is 12.0. The van der Waals surface area contributed by atoms with Gasteiger partial charge in [0.15, 0.2) is 5.60 Å². The van der Waals surface area contributed by atoms with E-state index in [1.54, 1.807) is 13.1 Å². The lowest BCUT2D eigenvalue weighted by Crippen LogP contribution is -2.38. The largest absolute Gasteiger partial charge is 0.375 e. The van der Waals surface area contributed by atoms with Crippen LogP contribution in [0.4, 0.5) is 5.69 Å². The number of carbonyl (C=O) groups excluding carboxylic acids is 1. The van der Waals surface area contributed by atoms with Crippen molar-refractivity contribution in [1.82, 2.24) is 0 Å². The SMILES string of the molecule is C=CC[C@]1(O)C(=O)N(C)c2cccc(Br)c21. The van der Waals surface area contributed by atoms with Crippen LogP contribution < -0.4 is 4.90 Å². The number of fused-ring (bicyclic) bond motifs is 1. The van der Waals surface area contributed by atoms with Gasteiger partial charge in [0.2, 0.25) is 0 Å². The molecule has 0 unspecified atom stereocenters. The molecule has 0 radical (unpaired) electrons. The summed E-state index contributed by atoms with van der Waals surface area (Å²) >= 11 is 3.37. The maximum absolute atomic E-state index is 12.0. The van der Waals surface area contributed by atoms with Gasteiger partial charge in [-0.1, -0.05) is 28.1 Å². The monoisotopic (exact) mass is 281 g/mol. The number of rotatable bonds is 2. The van der Waals surface area contributed by atoms with Gasteiger partial charge in [-0.15, -0.1) is 6.58 Å². The zero-order valence-corrected chi connectivity index (χ0v) is 10.5. The third-order valence-corrected chi connectivity index (χ3v) is 3.53. The highest BCUT2D eigenvalue weighted by Gasteiger charge is 2.48. The lowest BCUT2D eigenvalue weighted by molar-refractivity contribution is -0.135. The van der Waals surface area contributed by atoms with E-state index in [9.17, 15) is 9.90 Å².